The number of fused-ring (bicyclic) bond motifs is 1. The zero-order valence-electron chi connectivity index (χ0n) is 8.49. The van der Waals surface area contributed by atoms with Gasteiger partial charge in [-0.05, 0) is 38.1 Å². The molecule has 14 heavy (non-hydrogen) atoms. The molecule has 0 aliphatic rings. The number of hydrogen-bond donors (Lipinski definition) is 0. The maximum absolute atomic E-state index is 5.35. The average Bonchev–Trinajstić information content (AvgIpc) is 2.59. The first kappa shape index (κ1) is 8.90. The van der Waals surface area contributed by atoms with Gasteiger partial charge in [0.15, 0.2) is 0 Å². The molecule has 0 fully saturated rings. The van der Waals surface area contributed by atoms with Crippen molar-refractivity contribution in [2.45, 2.75) is 19.9 Å². The molecular weight excluding hydrogens is 170 g/mol. The van der Waals surface area contributed by atoms with Gasteiger partial charge in [0.2, 0.25) is 0 Å². The summed E-state index contributed by atoms with van der Waals surface area (Å²) in [6.07, 6.45) is 7.46. The van der Waals surface area contributed by atoms with Crippen LogP contribution in [0.25, 0.3) is 10.9 Å². The number of hydrogen-bond acceptors (Lipinski definition) is 0. The Bertz CT molecular complexity index is 497. The summed E-state index contributed by atoms with van der Waals surface area (Å²) in [5.41, 5.74) is 2.19. The second-order valence-electron chi connectivity index (χ2n) is 3.73. The lowest BCUT2D eigenvalue weighted by Gasteiger charge is -2.08. The quantitative estimate of drug-likeness (QED) is 0.598. The molecule has 0 radical (unpaired) electrons. The van der Waals surface area contributed by atoms with Crippen molar-refractivity contribution in [3.63, 3.8) is 0 Å². The van der Waals surface area contributed by atoms with Crippen molar-refractivity contribution in [1.29, 1.82) is 0 Å². The molecular formula is C13H13N. The fourth-order valence-corrected chi connectivity index (χ4v) is 1.70. The van der Waals surface area contributed by atoms with Gasteiger partial charge in [0.25, 0.3) is 0 Å². The molecule has 0 saturated heterocycles. The minimum Gasteiger partial charge on any atom is -0.345 e. The Balaban J connectivity index is 2.67. The van der Waals surface area contributed by atoms with Crippen LogP contribution >= 0.6 is 0 Å². The maximum atomic E-state index is 5.35. The zero-order chi connectivity index (χ0) is 10.1. The predicted molar refractivity (Wildman–Crippen MR) is 60.3 cm³/mol. The van der Waals surface area contributed by atoms with Gasteiger partial charge in [-0.25, -0.2) is 0 Å². The molecule has 0 unspecified atom stereocenters. The fourth-order valence-electron chi connectivity index (χ4n) is 1.70. The van der Waals surface area contributed by atoms with Crippen LogP contribution in [-0.4, -0.2) is 4.57 Å². The molecule has 0 bridgehead atoms. The van der Waals surface area contributed by atoms with E-state index >= 15 is 0 Å². The normalized spacial score (nSPS) is 10.7. The Morgan fingerprint density at radius 1 is 1.29 bits per heavy atom. The molecule has 0 spiro atoms. The highest BCUT2D eigenvalue weighted by atomic mass is 15.0. The van der Waals surface area contributed by atoms with E-state index in [4.69, 9.17) is 6.42 Å². The van der Waals surface area contributed by atoms with Crippen LogP contribution in [0.5, 0.6) is 0 Å². The first-order valence-corrected chi connectivity index (χ1v) is 4.79. The highest BCUT2D eigenvalue weighted by Gasteiger charge is 2.03. The minimum atomic E-state index is 0.490. The lowest BCUT2D eigenvalue weighted by Crippen LogP contribution is -1.97. The molecule has 1 aromatic carbocycles. The van der Waals surface area contributed by atoms with Crippen LogP contribution < -0.4 is 0 Å². The Hall–Kier alpha value is -1.68. The summed E-state index contributed by atoms with van der Waals surface area (Å²) in [5, 5.41) is 1.22. The molecule has 2 aromatic rings. The van der Waals surface area contributed by atoms with Crippen molar-refractivity contribution in [1.82, 2.24) is 4.57 Å². The first-order valence-electron chi connectivity index (χ1n) is 4.79. The van der Waals surface area contributed by atoms with Gasteiger partial charge in [-0.15, -0.1) is 6.42 Å². The minimum absolute atomic E-state index is 0.490. The summed E-state index contributed by atoms with van der Waals surface area (Å²) in [7, 11) is 0. The lowest BCUT2D eigenvalue weighted by atomic mass is 10.1. The standard InChI is InChI=1S/C13H13N/c1-4-11-5-6-13-12(9-11)7-8-14(13)10(2)3/h1,5-10H,2-3H3. The van der Waals surface area contributed by atoms with E-state index in [0.29, 0.717) is 6.04 Å². The number of benzene rings is 1. The van der Waals surface area contributed by atoms with Crippen molar-refractivity contribution >= 4 is 10.9 Å². The van der Waals surface area contributed by atoms with Crippen LogP contribution in [0.1, 0.15) is 25.5 Å². The molecule has 0 saturated carbocycles. The molecule has 0 aliphatic carbocycles. The van der Waals surface area contributed by atoms with Crippen molar-refractivity contribution < 1.29 is 0 Å². The summed E-state index contributed by atoms with van der Waals surface area (Å²) in [5.74, 6) is 2.65. The third kappa shape index (κ3) is 1.29. The van der Waals surface area contributed by atoms with E-state index < -0.39 is 0 Å². The van der Waals surface area contributed by atoms with E-state index in [1.165, 1.54) is 10.9 Å². The smallest absolute Gasteiger partial charge is 0.0483 e. The highest BCUT2D eigenvalue weighted by molar-refractivity contribution is 5.81. The lowest BCUT2D eigenvalue weighted by molar-refractivity contribution is 0.623. The van der Waals surface area contributed by atoms with Crippen LogP contribution in [0.15, 0.2) is 30.5 Å². The molecule has 2 rings (SSSR count). The zero-order valence-corrected chi connectivity index (χ0v) is 8.49. The number of nitrogens with zero attached hydrogens (tertiary/aromatic N) is 1. The molecule has 1 nitrogen and oxygen atoms in total. The van der Waals surface area contributed by atoms with Gasteiger partial charge in [-0.1, -0.05) is 5.92 Å². The summed E-state index contributed by atoms with van der Waals surface area (Å²) >= 11 is 0. The van der Waals surface area contributed by atoms with Crippen LogP contribution in [0.4, 0.5) is 0 Å². The van der Waals surface area contributed by atoms with E-state index in [9.17, 15) is 0 Å². The molecule has 1 heteroatoms. The van der Waals surface area contributed by atoms with Gasteiger partial charge in [0.1, 0.15) is 0 Å². The monoisotopic (exact) mass is 183 g/mol. The van der Waals surface area contributed by atoms with E-state index in [-0.39, 0.29) is 0 Å². The van der Waals surface area contributed by atoms with Crippen LogP contribution in [-0.2, 0) is 0 Å². The first-order chi connectivity index (χ1) is 6.72. The molecule has 1 heterocycles. The molecule has 0 atom stereocenters. The predicted octanol–water partition coefficient (Wildman–Crippen LogP) is 3.20. The summed E-state index contributed by atoms with van der Waals surface area (Å²) < 4.78 is 2.25. The van der Waals surface area contributed by atoms with Crippen molar-refractivity contribution in [3.05, 3.63) is 36.0 Å². The number of rotatable bonds is 1. The molecule has 1 aromatic heterocycles. The van der Waals surface area contributed by atoms with E-state index in [2.05, 4.69) is 42.7 Å². The topological polar surface area (TPSA) is 4.93 Å². The second-order valence-corrected chi connectivity index (χ2v) is 3.73. The molecule has 70 valence electrons. The van der Waals surface area contributed by atoms with Gasteiger partial charge >= 0.3 is 0 Å². The summed E-state index contributed by atoms with van der Waals surface area (Å²) in [6, 6.07) is 8.72. The number of terminal acetylenes is 1. The van der Waals surface area contributed by atoms with Crippen LogP contribution in [0, 0.1) is 12.3 Å². The van der Waals surface area contributed by atoms with E-state index in [1.807, 2.05) is 12.1 Å². The van der Waals surface area contributed by atoms with Crippen molar-refractivity contribution in [3.8, 4) is 12.3 Å². The van der Waals surface area contributed by atoms with Crippen LogP contribution in [0.2, 0.25) is 0 Å². The number of aromatic nitrogens is 1. The van der Waals surface area contributed by atoms with Crippen molar-refractivity contribution in [2.75, 3.05) is 0 Å². The van der Waals surface area contributed by atoms with Gasteiger partial charge < -0.3 is 4.57 Å². The van der Waals surface area contributed by atoms with Crippen LogP contribution in [0.3, 0.4) is 0 Å². The summed E-state index contributed by atoms with van der Waals surface area (Å²) in [4.78, 5) is 0. The Morgan fingerprint density at radius 2 is 2.07 bits per heavy atom. The third-order valence-corrected chi connectivity index (χ3v) is 2.44. The second kappa shape index (κ2) is 3.23. The van der Waals surface area contributed by atoms with Gasteiger partial charge in [-0.3, -0.25) is 0 Å². The highest BCUT2D eigenvalue weighted by Crippen LogP contribution is 2.20. The van der Waals surface area contributed by atoms with Gasteiger partial charge in [0, 0.05) is 28.7 Å². The Labute approximate surface area is 84.4 Å². The SMILES string of the molecule is C#Cc1ccc2c(ccn2C(C)C)c1. The van der Waals surface area contributed by atoms with Crippen molar-refractivity contribution in [2.24, 2.45) is 0 Å². The molecule has 0 amide bonds. The van der Waals surface area contributed by atoms with E-state index in [1.54, 1.807) is 0 Å². The molecule has 0 aliphatic heterocycles. The maximum Gasteiger partial charge on any atom is 0.0483 e. The average molecular weight is 183 g/mol. The Kier molecular flexibility index (Phi) is 2.05. The molecule has 0 N–H and O–H groups in total. The van der Waals surface area contributed by atoms with Gasteiger partial charge in [-0.2, -0.15) is 0 Å². The largest absolute Gasteiger partial charge is 0.345 e. The van der Waals surface area contributed by atoms with E-state index in [0.717, 1.165) is 5.56 Å². The third-order valence-electron chi connectivity index (χ3n) is 2.44. The Morgan fingerprint density at radius 3 is 2.71 bits per heavy atom. The van der Waals surface area contributed by atoms with Gasteiger partial charge in [0.05, 0.1) is 0 Å². The summed E-state index contributed by atoms with van der Waals surface area (Å²) in [6.45, 7) is 4.35. The fraction of sp³-hybridized carbons (Fsp3) is 0.231.